The fourth-order valence-corrected chi connectivity index (χ4v) is 4.21. The average molecular weight is 452 g/mol. The summed E-state index contributed by atoms with van der Waals surface area (Å²) in [6.07, 6.45) is 3.21. The van der Waals surface area contributed by atoms with Crippen molar-refractivity contribution >= 4 is 35.0 Å². The van der Waals surface area contributed by atoms with E-state index in [-0.39, 0.29) is 23.9 Å². The number of piperidine rings is 1. The van der Waals surface area contributed by atoms with E-state index in [9.17, 15) is 9.59 Å². The second-order valence-corrected chi connectivity index (χ2v) is 8.32. The molecule has 0 aliphatic carbocycles. The lowest BCUT2D eigenvalue weighted by Gasteiger charge is -2.34. The van der Waals surface area contributed by atoms with Gasteiger partial charge in [-0.25, -0.2) is 9.48 Å². The van der Waals surface area contributed by atoms with Crippen molar-refractivity contribution in [3.05, 3.63) is 77.4 Å². The van der Waals surface area contributed by atoms with Crippen molar-refractivity contribution in [1.82, 2.24) is 14.7 Å². The Morgan fingerprint density at radius 3 is 2.41 bits per heavy atom. The Bertz CT molecular complexity index is 1080. The number of hydrogen-bond acceptors (Lipinski definition) is 3. The molecule has 3 aromatic rings. The number of carbonyl (C=O) groups is 2. The summed E-state index contributed by atoms with van der Waals surface area (Å²) in [6.45, 7) is 3.27. The number of hydrogen-bond donors (Lipinski definition) is 2. The van der Waals surface area contributed by atoms with Gasteiger partial charge in [-0.2, -0.15) is 5.10 Å². The van der Waals surface area contributed by atoms with Crippen molar-refractivity contribution in [2.75, 3.05) is 23.7 Å². The van der Waals surface area contributed by atoms with E-state index in [4.69, 9.17) is 11.6 Å². The van der Waals surface area contributed by atoms with Gasteiger partial charge in [-0.3, -0.25) is 10.1 Å². The van der Waals surface area contributed by atoms with E-state index in [2.05, 4.69) is 15.7 Å². The molecule has 0 spiro atoms. The van der Waals surface area contributed by atoms with Gasteiger partial charge in [0.05, 0.1) is 28.9 Å². The molecule has 2 heterocycles. The van der Waals surface area contributed by atoms with E-state index in [1.54, 1.807) is 36.5 Å². The SMILES string of the molecule is CC(C(=O)N1CCC(n2nccc2NC(=O)Nc2ccccc2Cl)CC1)c1ccccc1. The number of para-hydroxylation sites is 1. The van der Waals surface area contributed by atoms with Gasteiger partial charge in [0.25, 0.3) is 0 Å². The molecule has 1 fully saturated rings. The van der Waals surface area contributed by atoms with Crippen LogP contribution in [0.15, 0.2) is 66.9 Å². The van der Waals surface area contributed by atoms with Crippen LogP contribution >= 0.6 is 11.6 Å². The van der Waals surface area contributed by atoms with Crippen LogP contribution in [0.25, 0.3) is 0 Å². The quantitative estimate of drug-likeness (QED) is 0.563. The first kappa shape index (κ1) is 21.9. The molecule has 166 valence electrons. The molecule has 8 heteroatoms. The minimum Gasteiger partial charge on any atom is -0.342 e. The molecular weight excluding hydrogens is 426 g/mol. The summed E-state index contributed by atoms with van der Waals surface area (Å²) in [5.41, 5.74) is 1.57. The zero-order valence-electron chi connectivity index (χ0n) is 17.9. The molecule has 1 aromatic heterocycles. The van der Waals surface area contributed by atoms with Crippen LogP contribution in [0.5, 0.6) is 0 Å². The first-order valence-corrected chi connectivity index (χ1v) is 11.1. The standard InChI is InChI=1S/C24H26ClN5O2/c1-17(18-7-3-2-4-8-18)23(31)29-15-12-19(13-16-29)30-22(11-14-26-30)28-24(32)27-21-10-6-5-9-20(21)25/h2-11,14,17,19H,12-13,15-16H2,1H3,(H2,27,28,32). The van der Waals surface area contributed by atoms with Crippen molar-refractivity contribution in [2.24, 2.45) is 0 Å². The largest absolute Gasteiger partial charge is 0.342 e. The number of amides is 3. The summed E-state index contributed by atoms with van der Waals surface area (Å²) in [4.78, 5) is 27.3. The molecule has 1 atom stereocenters. The number of nitrogens with zero attached hydrogens (tertiary/aromatic N) is 3. The maximum atomic E-state index is 12.9. The predicted molar refractivity (Wildman–Crippen MR) is 126 cm³/mol. The number of urea groups is 1. The molecule has 1 aliphatic heterocycles. The lowest BCUT2D eigenvalue weighted by molar-refractivity contribution is -0.133. The van der Waals surface area contributed by atoms with Crippen LogP contribution < -0.4 is 10.6 Å². The maximum absolute atomic E-state index is 12.9. The number of nitrogens with one attached hydrogen (secondary N) is 2. The smallest absolute Gasteiger partial charge is 0.324 e. The van der Waals surface area contributed by atoms with Gasteiger partial charge in [-0.05, 0) is 37.5 Å². The van der Waals surface area contributed by atoms with Crippen molar-refractivity contribution in [1.29, 1.82) is 0 Å². The summed E-state index contributed by atoms with van der Waals surface area (Å²) in [5, 5.41) is 10.5. The fraction of sp³-hybridized carbons (Fsp3) is 0.292. The lowest BCUT2D eigenvalue weighted by Crippen LogP contribution is -2.41. The van der Waals surface area contributed by atoms with Gasteiger partial charge in [0.15, 0.2) is 0 Å². The van der Waals surface area contributed by atoms with Crippen molar-refractivity contribution in [2.45, 2.75) is 31.7 Å². The number of aromatic nitrogens is 2. The van der Waals surface area contributed by atoms with Gasteiger partial charge in [0.1, 0.15) is 5.82 Å². The first-order valence-electron chi connectivity index (χ1n) is 10.7. The topological polar surface area (TPSA) is 79.3 Å². The van der Waals surface area contributed by atoms with Crippen LogP contribution in [0.2, 0.25) is 5.02 Å². The first-order chi connectivity index (χ1) is 15.5. The molecule has 32 heavy (non-hydrogen) atoms. The van der Waals surface area contributed by atoms with Crippen LogP contribution in [-0.2, 0) is 4.79 Å². The van der Waals surface area contributed by atoms with Crippen LogP contribution in [0.4, 0.5) is 16.3 Å². The minimum atomic E-state index is -0.385. The summed E-state index contributed by atoms with van der Waals surface area (Å²) in [6, 6.07) is 18.4. The molecule has 2 N–H and O–H groups in total. The number of halogens is 1. The molecule has 2 aromatic carbocycles. The van der Waals surface area contributed by atoms with E-state index in [0.29, 0.717) is 29.6 Å². The summed E-state index contributed by atoms with van der Waals surface area (Å²) < 4.78 is 1.83. The van der Waals surface area contributed by atoms with Crippen LogP contribution in [0, 0.1) is 0 Å². The van der Waals surface area contributed by atoms with Gasteiger partial charge in [-0.15, -0.1) is 0 Å². The molecule has 0 radical (unpaired) electrons. The third-order valence-corrected chi connectivity index (χ3v) is 6.16. The Labute approximate surface area is 192 Å². The number of carbonyl (C=O) groups excluding carboxylic acids is 2. The van der Waals surface area contributed by atoms with Crippen molar-refractivity contribution in [3.8, 4) is 0 Å². The molecule has 1 saturated heterocycles. The minimum absolute atomic E-state index is 0.108. The van der Waals surface area contributed by atoms with E-state index >= 15 is 0 Å². The Morgan fingerprint density at radius 2 is 1.69 bits per heavy atom. The monoisotopic (exact) mass is 451 g/mol. The van der Waals surface area contributed by atoms with E-state index in [0.717, 1.165) is 18.4 Å². The Morgan fingerprint density at radius 1 is 1.00 bits per heavy atom. The molecule has 7 nitrogen and oxygen atoms in total. The van der Waals surface area contributed by atoms with Gasteiger partial charge in [-0.1, -0.05) is 54.1 Å². The van der Waals surface area contributed by atoms with Gasteiger partial charge in [0, 0.05) is 19.2 Å². The van der Waals surface area contributed by atoms with Gasteiger partial charge < -0.3 is 10.2 Å². The average Bonchev–Trinajstić information content (AvgIpc) is 3.28. The number of rotatable bonds is 5. The van der Waals surface area contributed by atoms with E-state index in [1.165, 1.54) is 0 Å². The fourth-order valence-electron chi connectivity index (χ4n) is 4.03. The molecule has 0 bridgehead atoms. The Hall–Kier alpha value is -3.32. The molecule has 3 amide bonds. The molecule has 1 unspecified atom stereocenters. The van der Waals surface area contributed by atoms with Gasteiger partial charge in [0.2, 0.25) is 5.91 Å². The highest BCUT2D eigenvalue weighted by atomic mass is 35.5. The normalized spacial score (nSPS) is 15.2. The predicted octanol–water partition coefficient (Wildman–Crippen LogP) is 5.15. The summed E-state index contributed by atoms with van der Waals surface area (Å²) in [7, 11) is 0. The molecular formula is C24H26ClN5O2. The summed E-state index contributed by atoms with van der Waals surface area (Å²) in [5.74, 6) is 0.591. The second-order valence-electron chi connectivity index (χ2n) is 7.91. The summed E-state index contributed by atoms with van der Waals surface area (Å²) >= 11 is 6.11. The highest BCUT2D eigenvalue weighted by Gasteiger charge is 2.28. The van der Waals surface area contributed by atoms with Crippen LogP contribution in [0.3, 0.4) is 0 Å². The third kappa shape index (κ3) is 4.94. The lowest BCUT2D eigenvalue weighted by atomic mass is 9.97. The maximum Gasteiger partial charge on any atom is 0.324 e. The van der Waals surface area contributed by atoms with E-state index < -0.39 is 0 Å². The molecule has 1 aliphatic rings. The molecule has 0 saturated carbocycles. The Balaban J connectivity index is 1.35. The third-order valence-electron chi connectivity index (χ3n) is 5.83. The highest BCUT2D eigenvalue weighted by molar-refractivity contribution is 6.33. The zero-order chi connectivity index (χ0) is 22.5. The van der Waals surface area contributed by atoms with Crippen molar-refractivity contribution in [3.63, 3.8) is 0 Å². The number of anilines is 2. The highest BCUT2D eigenvalue weighted by Crippen LogP contribution is 2.28. The van der Waals surface area contributed by atoms with Crippen molar-refractivity contribution < 1.29 is 9.59 Å². The van der Waals surface area contributed by atoms with E-state index in [1.807, 2.05) is 46.8 Å². The van der Waals surface area contributed by atoms with Gasteiger partial charge >= 0.3 is 6.03 Å². The number of benzene rings is 2. The van der Waals surface area contributed by atoms with Crippen LogP contribution in [-0.4, -0.2) is 39.7 Å². The van der Waals surface area contributed by atoms with Crippen LogP contribution in [0.1, 0.15) is 37.3 Å². The zero-order valence-corrected chi connectivity index (χ0v) is 18.6. The second kappa shape index (κ2) is 9.87. The molecule has 4 rings (SSSR count). The Kier molecular flexibility index (Phi) is 6.75. The number of likely N-dealkylation sites (tertiary alicyclic amines) is 1.